The van der Waals surface area contributed by atoms with Crippen molar-refractivity contribution < 1.29 is 0 Å². The van der Waals surface area contributed by atoms with Crippen molar-refractivity contribution in [1.29, 1.82) is 10.5 Å². The van der Waals surface area contributed by atoms with Gasteiger partial charge < -0.3 is 5.32 Å². The van der Waals surface area contributed by atoms with Crippen LogP contribution in [0.3, 0.4) is 0 Å². The van der Waals surface area contributed by atoms with Crippen LogP contribution in [0.5, 0.6) is 0 Å². The van der Waals surface area contributed by atoms with Gasteiger partial charge in [-0.1, -0.05) is 40.2 Å². The van der Waals surface area contributed by atoms with Gasteiger partial charge in [-0.3, -0.25) is 0 Å². The van der Waals surface area contributed by atoms with Crippen LogP contribution in [-0.2, 0) is 11.9 Å². The summed E-state index contributed by atoms with van der Waals surface area (Å²) in [4.78, 5) is 0. The van der Waals surface area contributed by atoms with Crippen molar-refractivity contribution in [2.24, 2.45) is 0 Å². The first kappa shape index (κ1) is 16.9. The monoisotopic (exact) mass is 341 g/mol. The average Bonchev–Trinajstić information content (AvgIpc) is 2.56. The average molecular weight is 342 g/mol. The molecular formula is C17H16BrN3. The fourth-order valence-electron chi connectivity index (χ4n) is 1.57. The number of hydrogen-bond donors (Lipinski definition) is 1. The minimum atomic E-state index is 0.713. The molecule has 0 aliphatic heterocycles. The maximum Gasteiger partial charge on any atom is 0.0991 e. The summed E-state index contributed by atoms with van der Waals surface area (Å²) in [6, 6.07) is 19.2. The van der Waals surface area contributed by atoms with Gasteiger partial charge >= 0.3 is 0 Å². The van der Waals surface area contributed by atoms with E-state index in [1.165, 1.54) is 11.1 Å². The van der Waals surface area contributed by atoms with Crippen LogP contribution in [0.4, 0.5) is 0 Å². The summed E-state index contributed by atoms with van der Waals surface area (Å²) in [5.74, 6) is 0. The van der Waals surface area contributed by atoms with Gasteiger partial charge in [0.15, 0.2) is 0 Å². The lowest BCUT2D eigenvalue weighted by atomic mass is 10.1. The summed E-state index contributed by atoms with van der Waals surface area (Å²) >= 11 is 3.32. The van der Waals surface area contributed by atoms with Gasteiger partial charge in [-0.05, 0) is 42.4 Å². The fourth-order valence-corrected chi connectivity index (χ4v) is 1.94. The highest BCUT2D eigenvalue weighted by molar-refractivity contribution is 9.08. The first-order valence-corrected chi connectivity index (χ1v) is 7.54. The highest BCUT2D eigenvalue weighted by Crippen LogP contribution is 2.06. The van der Waals surface area contributed by atoms with E-state index >= 15 is 0 Å². The molecule has 2 aromatic carbocycles. The third kappa shape index (κ3) is 6.23. The Hall–Kier alpha value is -2.14. The molecule has 0 amide bonds. The molecule has 2 aromatic rings. The van der Waals surface area contributed by atoms with Gasteiger partial charge in [-0.15, -0.1) is 0 Å². The Labute approximate surface area is 134 Å². The number of hydrogen-bond acceptors (Lipinski definition) is 3. The SMILES string of the molecule is CNCc1ccc(C#N)cc1.N#Cc1ccc(CBr)cc1. The Balaban J connectivity index is 0.000000211. The van der Waals surface area contributed by atoms with Crippen LogP contribution in [0.15, 0.2) is 48.5 Å². The fraction of sp³-hybridized carbons (Fsp3) is 0.176. The Bertz CT molecular complexity index is 619. The molecule has 0 aliphatic carbocycles. The number of nitrogens with one attached hydrogen (secondary N) is 1. The number of benzene rings is 2. The zero-order valence-corrected chi connectivity index (χ0v) is 13.4. The van der Waals surface area contributed by atoms with Crippen LogP contribution in [-0.4, -0.2) is 7.05 Å². The Morgan fingerprint density at radius 3 is 1.62 bits per heavy atom. The minimum absolute atomic E-state index is 0.713. The molecule has 0 spiro atoms. The predicted octanol–water partition coefficient (Wildman–Crippen LogP) is 3.73. The quantitative estimate of drug-likeness (QED) is 0.865. The second kappa shape index (κ2) is 9.72. The highest BCUT2D eigenvalue weighted by atomic mass is 79.9. The number of halogens is 1. The predicted molar refractivity (Wildman–Crippen MR) is 87.7 cm³/mol. The third-order valence-electron chi connectivity index (χ3n) is 2.70. The van der Waals surface area contributed by atoms with Crippen LogP contribution in [0.2, 0.25) is 0 Å². The lowest BCUT2D eigenvalue weighted by molar-refractivity contribution is 0.818. The van der Waals surface area contributed by atoms with Crippen molar-refractivity contribution in [2.75, 3.05) is 7.05 Å². The molecule has 3 nitrogen and oxygen atoms in total. The molecule has 0 aliphatic rings. The Morgan fingerprint density at radius 1 is 0.857 bits per heavy atom. The van der Waals surface area contributed by atoms with Crippen LogP contribution < -0.4 is 5.32 Å². The third-order valence-corrected chi connectivity index (χ3v) is 3.35. The first-order valence-electron chi connectivity index (χ1n) is 6.42. The number of nitrogens with zero attached hydrogens (tertiary/aromatic N) is 2. The molecule has 0 aromatic heterocycles. The lowest BCUT2D eigenvalue weighted by Gasteiger charge is -1.97. The minimum Gasteiger partial charge on any atom is -0.316 e. The van der Waals surface area contributed by atoms with E-state index in [1.807, 2.05) is 55.6 Å². The van der Waals surface area contributed by atoms with E-state index in [4.69, 9.17) is 10.5 Å². The largest absolute Gasteiger partial charge is 0.316 e. The number of rotatable bonds is 3. The highest BCUT2D eigenvalue weighted by Gasteiger charge is 1.90. The summed E-state index contributed by atoms with van der Waals surface area (Å²) in [5, 5.41) is 20.8. The van der Waals surface area contributed by atoms with Crippen LogP contribution in [0.1, 0.15) is 22.3 Å². The molecule has 0 atom stereocenters. The van der Waals surface area contributed by atoms with E-state index in [-0.39, 0.29) is 0 Å². The molecule has 0 heterocycles. The zero-order valence-electron chi connectivity index (χ0n) is 11.8. The molecule has 21 heavy (non-hydrogen) atoms. The van der Waals surface area contributed by atoms with Crippen molar-refractivity contribution in [2.45, 2.75) is 11.9 Å². The molecular weight excluding hydrogens is 326 g/mol. The molecule has 1 N–H and O–H groups in total. The second-order valence-corrected chi connectivity index (χ2v) is 4.84. The molecule has 0 saturated carbocycles. The van der Waals surface area contributed by atoms with Crippen molar-refractivity contribution in [3.63, 3.8) is 0 Å². The first-order chi connectivity index (χ1) is 10.2. The van der Waals surface area contributed by atoms with Gasteiger partial charge in [0.25, 0.3) is 0 Å². The normalized spacial score (nSPS) is 8.95. The smallest absolute Gasteiger partial charge is 0.0991 e. The van der Waals surface area contributed by atoms with E-state index in [2.05, 4.69) is 33.4 Å². The van der Waals surface area contributed by atoms with Gasteiger partial charge in [0.05, 0.1) is 23.3 Å². The molecule has 0 saturated heterocycles. The van der Waals surface area contributed by atoms with Gasteiger partial charge in [0.2, 0.25) is 0 Å². The van der Waals surface area contributed by atoms with Crippen molar-refractivity contribution in [1.82, 2.24) is 5.32 Å². The molecule has 0 bridgehead atoms. The van der Waals surface area contributed by atoms with Gasteiger partial charge in [-0.2, -0.15) is 10.5 Å². The summed E-state index contributed by atoms with van der Waals surface area (Å²) in [6.07, 6.45) is 0. The lowest BCUT2D eigenvalue weighted by Crippen LogP contribution is -2.04. The van der Waals surface area contributed by atoms with Crippen molar-refractivity contribution >= 4 is 15.9 Å². The van der Waals surface area contributed by atoms with E-state index in [0.29, 0.717) is 11.1 Å². The second-order valence-electron chi connectivity index (χ2n) is 4.28. The Morgan fingerprint density at radius 2 is 1.29 bits per heavy atom. The van der Waals surface area contributed by atoms with Crippen LogP contribution in [0, 0.1) is 22.7 Å². The van der Waals surface area contributed by atoms with Gasteiger partial charge in [0.1, 0.15) is 0 Å². The Kier molecular flexibility index (Phi) is 7.82. The van der Waals surface area contributed by atoms with Crippen molar-refractivity contribution in [3.05, 3.63) is 70.8 Å². The van der Waals surface area contributed by atoms with E-state index in [0.717, 1.165) is 11.9 Å². The van der Waals surface area contributed by atoms with Gasteiger partial charge in [0, 0.05) is 11.9 Å². The summed E-state index contributed by atoms with van der Waals surface area (Å²) in [5.41, 5.74) is 3.82. The summed E-state index contributed by atoms with van der Waals surface area (Å²) in [7, 11) is 1.90. The number of alkyl halides is 1. The van der Waals surface area contributed by atoms with Crippen molar-refractivity contribution in [3.8, 4) is 12.1 Å². The topological polar surface area (TPSA) is 59.6 Å². The van der Waals surface area contributed by atoms with E-state index in [9.17, 15) is 0 Å². The van der Waals surface area contributed by atoms with Crippen LogP contribution in [0.25, 0.3) is 0 Å². The summed E-state index contributed by atoms with van der Waals surface area (Å²) < 4.78 is 0. The molecule has 0 unspecified atom stereocenters. The molecule has 0 fully saturated rings. The maximum absolute atomic E-state index is 8.49. The molecule has 4 heteroatoms. The zero-order chi connectivity index (χ0) is 15.5. The van der Waals surface area contributed by atoms with Crippen LogP contribution >= 0.6 is 15.9 Å². The standard InChI is InChI=1S/C9H10N2.C8H6BrN/c1-11-7-9-4-2-8(6-10)3-5-9;9-5-7-1-3-8(6-10)4-2-7/h2-5,11H,7H2,1H3;1-4H,5H2. The molecule has 0 radical (unpaired) electrons. The van der Waals surface area contributed by atoms with E-state index < -0.39 is 0 Å². The maximum atomic E-state index is 8.49. The van der Waals surface area contributed by atoms with Gasteiger partial charge in [-0.25, -0.2) is 0 Å². The number of nitriles is 2. The molecule has 2 rings (SSSR count). The summed E-state index contributed by atoms with van der Waals surface area (Å²) in [6.45, 7) is 0.853. The van der Waals surface area contributed by atoms with E-state index in [1.54, 1.807) is 0 Å². The molecule has 106 valence electrons.